The van der Waals surface area contributed by atoms with Gasteiger partial charge in [-0.05, 0) is 43.0 Å². The highest BCUT2D eigenvalue weighted by Gasteiger charge is 2.24. The highest BCUT2D eigenvalue weighted by molar-refractivity contribution is 8.02. The van der Waals surface area contributed by atoms with Crippen molar-refractivity contribution in [3.05, 3.63) is 65.2 Å². The Labute approximate surface area is 174 Å². The zero-order chi connectivity index (χ0) is 19.9. The van der Waals surface area contributed by atoms with Crippen molar-refractivity contribution in [3.63, 3.8) is 0 Å². The fourth-order valence-electron chi connectivity index (χ4n) is 2.63. The van der Waals surface area contributed by atoms with E-state index in [9.17, 15) is 4.79 Å². The summed E-state index contributed by atoms with van der Waals surface area (Å²) in [6, 6.07) is 15.8. The molecule has 2 N–H and O–H groups in total. The Morgan fingerprint density at radius 2 is 1.93 bits per heavy atom. The molecule has 0 saturated heterocycles. The lowest BCUT2D eigenvalue weighted by Crippen LogP contribution is -2.19. The lowest BCUT2D eigenvalue weighted by atomic mass is 10.1. The van der Waals surface area contributed by atoms with Gasteiger partial charge in [0.1, 0.15) is 5.25 Å². The molecule has 0 bridgehead atoms. The van der Waals surface area contributed by atoms with Gasteiger partial charge in [-0.2, -0.15) is 0 Å². The van der Waals surface area contributed by atoms with Gasteiger partial charge in [0.2, 0.25) is 11.0 Å². The van der Waals surface area contributed by atoms with E-state index in [1.807, 2.05) is 62.4 Å². The van der Waals surface area contributed by atoms with E-state index in [-0.39, 0.29) is 5.91 Å². The van der Waals surface area contributed by atoms with Gasteiger partial charge in [-0.1, -0.05) is 72.5 Å². The molecule has 0 spiro atoms. The first-order chi connectivity index (χ1) is 13.6. The minimum absolute atomic E-state index is 0.0665. The first kappa shape index (κ1) is 20.4. The molecule has 146 valence electrons. The van der Waals surface area contributed by atoms with Crippen LogP contribution in [-0.2, 0) is 4.79 Å². The maximum atomic E-state index is 13.2. The number of aromatic nitrogens is 2. The second kappa shape index (κ2) is 9.71. The topological polar surface area (TPSA) is 66.9 Å². The number of hydrogen-bond acceptors (Lipinski definition) is 6. The average molecular weight is 413 g/mol. The molecule has 0 unspecified atom stereocenters. The van der Waals surface area contributed by atoms with Crippen LogP contribution in [0.2, 0.25) is 0 Å². The molecule has 3 rings (SSSR count). The van der Waals surface area contributed by atoms with Crippen LogP contribution in [0.15, 0.2) is 52.9 Å². The largest absolute Gasteiger partial charge is 0.360 e. The third-order valence-corrected chi connectivity index (χ3v) is 6.36. The van der Waals surface area contributed by atoms with E-state index in [0.717, 1.165) is 44.8 Å². The van der Waals surface area contributed by atoms with Crippen molar-refractivity contribution in [2.75, 3.05) is 17.2 Å². The summed E-state index contributed by atoms with van der Waals surface area (Å²) in [6.45, 7) is 6.97. The van der Waals surface area contributed by atoms with Crippen LogP contribution >= 0.6 is 23.1 Å². The number of aryl methyl sites for hydroxylation is 2. The highest BCUT2D eigenvalue weighted by atomic mass is 32.2. The minimum atomic E-state index is -0.409. The van der Waals surface area contributed by atoms with E-state index < -0.39 is 5.25 Å². The van der Waals surface area contributed by atoms with Crippen molar-refractivity contribution in [3.8, 4) is 0 Å². The highest BCUT2D eigenvalue weighted by Crippen LogP contribution is 2.38. The van der Waals surface area contributed by atoms with Crippen LogP contribution in [0.1, 0.15) is 35.3 Å². The molecule has 5 nitrogen and oxygen atoms in total. The number of nitrogens with one attached hydrogen (secondary N) is 2. The fraction of sp³-hybridized carbons (Fsp3) is 0.286. The van der Waals surface area contributed by atoms with Gasteiger partial charge in [-0.3, -0.25) is 4.79 Å². The number of hydrogen-bond donors (Lipinski definition) is 2. The maximum absolute atomic E-state index is 13.2. The van der Waals surface area contributed by atoms with Gasteiger partial charge >= 0.3 is 0 Å². The predicted octanol–water partition coefficient (Wildman–Crippen LogP) is 5.45. The van der Waals surface area contributed by atoms with Gasteiger partial charge in [-0.15, -0.1) is 10.2 Å². The Morgan fingerprint density at radius 3 is 2.68 bits per heavy atom. The third kappa shape index (κ3) is 5.33. The second-order valence-corrected chi connectivity index (χ2v) is 8.85. The number of anilines is 2. The number of carbonyl (C=O) groups excluding carboxylic acids is 1. The van der Waals surface area contributed by atoms with Gasteiger partial charge in [0.25, 0.3) is 0 Å². The number of rotatable bonds is 8. The molecular weight excluding hydrogens is 388 g/mol. The molecule has 0 radical (unpaired) electrons. The van der Waals surface area contributed by atoms with Crippen molar-refractivity contribution >= 4 is 39.8 Å². The molecule has 0 aliphatic heterocycles. The van der Waals surface area contributed by atoms with Crippen LogP contribution < -0.4 is 10.6 Å². The first-order valence-electron chi connectivity index (χ1n) is 9.24. The molecule has 1 atom stereocenters. The van der Waals surface area contributed by atoms with Gasteiger partial charge in [0.15, 0.2) is 4.34 Å². The van der Waals surface area contributed by atoms with Crippen LogP contribution in [0.4, 0.5) is 10.8 Å². The number of amides is 1. The molecule has 7 heteroatoms. The average Bonchev–Trinajstić information content (AvgIpc) is 3.15. The van der Waals surface area contributed by atoms with Crippen LogP contribution in [-0.4, -0.2) is 22.6 Å². The molecule has 0 aliphatic rings. The lowest BCUT2D eigenvalue weighted by Gasteiger charge is -2.17. The molecule has 1 heterocycles. The van der Waals surface area contributed by atoms with Crippen molar-refractivity contribution in [2.24, 2.45) is 0 Å². The SMILES string of the molecule is CCCNc1nnc(S[C@H](C(=O)Nc2cc(C)ccc2C)c2ccccc2)s1. The molecular formula is C21H24N4OS2. The Kier molecular flexibility index (Phi) is 7.06. The Bertz CT molecular complexity index is 927. The van der Waals surface area contributed by atoms with Gasteiger partial charge in [0, 0.05) is 12.2 Å². The van der Waals surface area contributed by atoms with Crippen molar-refractivity contribution in [2.45, 2.75) is 36.8 Å². The maximum Gasteiger partial charge on any atom is 0.242 e. The number of carbonyl (C=O) groups is 1. The van der Waals surface area contributed by atoms with E-state index in [0.29, 0.717) is 0 Å². The Hall–Kier alpha value is -2.38. The summed E-state index contributed by atoms with van der Waals surface area (Å²) >= 11 is 2.90. The summed E-state index contributed by atoms with van der Waals surface area (Å²) in [6.07, 6.45) is 1.02. The van der Waals surface area contributed by atoms with E-state index in [2.05, 4.69) is 27.8 Å². The van der Waals surface area contributed by atoms with E-state index in [1.165, 1.54) is 23.1 Å². The van der Waals surface area contributed by atoms with Crippen LogP contribution in [0, 0.1) is 13.8 Å². The number of nitrogens with zero attached hydrogens (tertiary/aromatic N) is 2. The normalized spacial score (nSPS) is 11.8. The van der Waals surface area contributed by atoms with Gasteiger partial charge < -0.3 is 10.6 Å². The summed E-state index contributed by atoms with van der Waals surface area (Å²) < 4.78 is 0.767. The molecule has 2 aromatic carbocycles. The quantitative estimate of drug-likeness (QED) is 0.482. The molecule has 1 aromatic heterocycles. The zero-order valence-corrected chi connectivity index (χ0v) is 17.9. The van der Waals surface area contributed by atoms with Crippen molar-refractivity contribution < 1.29 is 4.79 Å². The third-order valence-electron chi connectivity index (χ3n) is 4.14. The van der Waals surface area contributed by atoms with Crippen molar-refractivity contribution in [1.82, 2.24) is 10.2 Å². The molecule has 28 heavy (non-hydrogen) atoms. The summed E-state index contributed by atoms with van der Waals surface area (Å²) in [5.41, 5.74) is 3.93. The monoisotopic (exact) mass is 412 g/mol. The second-order valence-electron chi connectivity index (χ2n) is 6.52. The van der Waals surface area contributed by atoms with Gasteiger partial charge in [-0.25, -0.2) is 0 Å². The van der Waals surface area contributed by atoms with E-state index >= 15 is 0 Å². The van der Waals surface area contributed by atoms with Gasteiger partial charge in [0.05, 0.1) is 0 Å². The molecule has 3 aromatic rings. The summed E-state index contributed by atoms with van der Waals surface area (Å²) in [5.74, 6) is -0.0665. The number of thioether (sulfide) groups is 1. The Morgan fingerprint density at radius 1 is 1.14 bits per heavy atom. The summed E-state index contributed by atoms with van der Waals surface area (Å²) in [7, 11) is 0. The van der Waals surface area contributed by atoms with E-state index in [1.54, 1.807) is 0 Å². The molecule has 0 saturated carbocycles. The van der Waals surface area contributed by atoms with Crippen molar-refractivity contribution in [1.29, 1.82) is 0 Å². The molecule has 0 fully saturated rings. The first-order valence-corrected chi connectivity index (χ1v) is 10.9. The standard InChI is InChI=1S/C21H24N4OS2/c1-4-12-22-20-24-25-21(28-20)27-18(16-8-6-5-7-9-16)19(26)23-17-13-14(2)10-11-15(17)3/h5-11,13,18H,4,12H2,1-3H3,(H,22,24)(H,23,26)/t18-/m0/s1. The molecule has 1 amide bonds. The van der Waals surface area contributed by atoms with Crippen LogP contribution in [0.3, 0.4) is 0 Å². The predicted molar refractivity (Wildman–Crippen MR) is 118 cm³/mol. The lowest BCUT2D eigenvalue weighted by molar-refractivity contribution is -0.115. The Balaban J connectivity index is 1.82. The van der Waals surface area contributed by atoms with Crippen LogP contribution in [0.25, 0.3) is 0 Å². The minimum Gasteiger partial charge on any atom is -0.360 e. The summed E-state index contributed by atoms with van der Waals surface area (Å²) in [4.78, 5) is 13.2. The fourth-order valence-corrected chi connectivity index (χ4v) is 4.60. The summed E-state index contributed by atoms with van der Waals surface area (Å²) in [5, 5.41) is 15.1. The van der Waals surface area contributed by atoms with E-state index in [4.69, 9.17) is 0 Å². The smallest absolute Gasteiger partial charge is 0.242 e. The molecule has 0 aliphatic carbocycles. The zero-order valence-electron chi connectivity index (χ0n) is 16.2. The van der Waals surface area contributed by atoms with Crippen LogP contribution in [0.5, 0.6) is 0 Å². The number of benzene rings is 2.